The van der Waals surface area contributed by atoms with Gasteiger partial charge >= 0.3 is 18.0 Å². The lowest BCUT2D eigenvalue weighted by atomic mass is 10.1. The summed E-state index contributed by atoms with van der Waals surface area (Å²) >= 11 is 13.3. The zero-order valence-corrected chi connectivity index (χ0v) is 51.7. The number of carbonyl (C=O) groups is 2. The third kappa shape index (κ3) is 14.3. The number of halogens is 2. The molecule has 0 saturated carbocycles. The highest BCUT2D eigenvalue weighted by atomic mass is 35.5. The molecule has 5 aliphatic heterocycles. The molecule has 1 unspecified atom stereocenters. The van der Waals surface area contributed by atoms with Crippen molar-refractivity contribution in [1.29, 1.82) is 0 Å². The third-order valence-corrected chi connectivity index (χ3v) is 21.3. The molecule has 0 aliphatic carbocycles. The van der Waals surface area contributed by atoms with Gasteiger partial charge in [0.05, 0.1) is 63.2 Å². The van der Waals surface area contributed by atoms with E-state index in [0.29, 0.717) is 112 Å². The Labute approximate surface area is 493 Å². The number of nitrogens with zero attached hydrogens (tertiary/aromatic N) is 7. The van der Waals surface area contributed by atoms with Gasteiger partial charge in [-0.2, -0.15) is 14.3 Å². The number of aliphatic hydroxyl groups is 2. The van der Waals surface area contributed by atoms with Crippen LogP contribution in [-0.4, -0.2) is 190 Å². The standard InChI is InChI=1S/C31H41ClN4O8SSi.C25H30ClN3O7Si/c1-45(39,21-9-11-40-12-10-21)35-30(38)20-7-5-19(6-8-20)26-22(32)15-23-29(34-26)36(18-41-13-14-46(2,3)4)31(33-23)44-25-17-43-27-24(37)16-42-28(25)27;1-37(2,3)9-8-33-13-29-23-17(27-25(29)36-19-12-35-21-18(30)11-34-22(19)21)10-16(26)20(28-23)14-4-6-15(7-5-14)24(31)32/h5-8,15,21,24-25,27-28,37H,9-14,16-18H2,1-4H3;4-7,10,18-19,21-22,30H,8-9,11-13H2,1-3H3,(H,31,32)/t24-,25-,27-,28-,45?;18-,19-,21-,22-/m11/s1. The van der Waals surface area contributed by atoms with Crippen molar-refractivity contribution in [2.24, 2.45) is 4.36 Å². The molecule has 0 bridgehead atoms. The molecule has 11 rings (SSSR count). The first kappa shape index (κ1) is 61.1. The molecule has 5 aliphatic rings. The van der Waals surface area contributed by atoms with E-state index in [0.717, 1.165) is 12.1 Å². The van der Waals surface area contributed by atoms with Gasteiger partial charge in [0.15, 0.2) is 23.5 Å². The summed E-state index contributed by atoms with van der Waals surface area (Å²) in [7, 11) is -5.31. The van der Waals surface area contributed by atoms with Crippen molar-refractivity contribution in [2.45, 2.75) is 132 Å². The van der Waals surface area contributed by atoms with E-state index in [4.69, 9.17) is 80.8 Å². The Morgan fingerprint density at radius 1 is 0.651 bits per heavy atom. The van der Waals surface area contributed by atoms with E-state index in [1.54, 1.807) is 63.9 Å². The topological polar surface area (TPSA) is 269 Å². The molecule has 5 fully saturated rings. The minimum absolute atomic E-state index is 0.161. The van der Waals surface area contributed by atoms with E-state index in [1.807, 2.05) is 0 Å². The fraction of sp³-hybridized carbons (Fsp3) is 0.536. The molecule has 2 aromatic carbocycles. The van der Waals surface area contributed by atoms with Crippen molar-refractivity contribution in [3.8, 4) is 34.5 Å². The number of carbonyl (C=O) groups excluding carboxylic acids is 1. The van der Waals surface area contributed by atoms with Gasteiger partial charge in [0.25, 0.3) is 5.91 Å². The van der Waals surface area contributed by atoms with Gasteiger partial charge in [-0.3, -0.25) is 13.9 Å². The van der Waals surface area contributed by atoms with Crippen LogP contribution in [0.25, 0.3) is 44.8 Å². The zero-order valence-electron chi connectivity index (χ0n) is 47.4. The second kappa shape index (κ2) is 25.5. The highest BCUT2D eigenvalue weighted by Gasteiger charge is 2.50. The molecule has 0 radical (unpaired) electrons. The molecule has 1 amide bonds. The van der Waals surface area contributed by atoms with E-state index < -0.39 is 86.6 Å². The SMILES string of the molecule is C[Si](C)(C)CCOCn1c(O[C@@H]2CO[C@H]3[C@@H]2OC[C@H]3O)nc2cc(Cl)c(-c3ccc(C(=O)N=S(C)(=O)C4CCOCC4)cc3)nc21.C[Si](C)(C)CCOCn1c(O[C@@H]2CO[C@H]3[C@@H]2OC[C@H]3O)nc2cc(Cl)c(-c3ccc(C(=O)O)cc3)nc21. The van der Waals surface area contributed by atoms with E-state index in [1.165, 1.54) is 12.1 Å². The Bertz CT molecular complexity index is 3440. The number of pyridine rings is 2. The number of rotatable bonds is 19. The summed E-state index contributed by atoms with van der Waals surface area (Å²) in [6.45, 7) is 17.2. The molecule has 3 N–H and O–H groups in total. The van der Waals surface area contributed by atoms with Crippen molar-refractivity contribution in [1.82, 2.24) is 29.1 Å². The first-order valence-electron chi connectivity index (χ1n) is 27.7. The van der Waals surface area contributed by atoms with E-state index >= 15 is 0 Å². The predicted molar refractivity (Wildman–Crippen MR) is 316 cm³/mol. The summed E-state index contributed by atoms with van der Waals surface area (Å²) in [5.74, 6) is -1.53. The van der Waals surface area contributed by atoms with Crippen LogP contribution < -0.4 is 9.47 Å². The number of imidazole rings is 2. The molecule has 9 atom stereocenters. The molecule has 22 nitrogen and oxygen atoms in total. The average molecular weight is 1240 g/mol. The molecular formula is C56H71Cl2N7O15SSi2. The normalized spacial score (nSPS) is 24.3. The number of aliphatic hydroxyl groups excluding tert-OH is 2. The monoisotopic (exact) mass is 1240 g/mol. The summed E-state index contributed by atoms with van der Waals surface area (Å²) in [6.07, 6.45) is -1.17. The minimum atomic E-state index is -2.71. The largest absolute Gasteiger partial charge is 0.478 e. The quantitative estimate of drug-likeness (QED) is 0.0511. The van der Waals surface area contributed by atoms with Crippen LogP contribution in [0.5, 0.6) is 12.0 Å². The smallest absolute Gasteiger partial charge is 0.335 e. The minimum Gasteiger partial charge on any atom is -0.478 e. The summed E-state index contributed by atoms with van der Waals surface area (Å²) < 4.78 is 73.8. The van der Waals surface area contributed by atoms with Crippen LogP contribution in [0.15, 0.2) is 65.0 Å². The van der Waals surface area contributed by atoms with Crippen LogP contribution in [-0.2, 0) is 56.3 Å². The van der Waals surface area contributed by atoms with Gasteiger partial charge in [-0.1, -0.05) is 86.7 Å². The van der Waals surface area contributed by atoms with E-state index in [9.17, 15) is 29.1 Å². The third-order valence-electron chi connectivity index (χ3n) is 15.1. The van der Waals surface area contributed by atoms with E-state index in [2.05, 4.69) is 48.6 Å². The molecule has 448 valence electrons. The first-order chi connectivity index (χ1) is 39.5. The molecule has 27 heteroatoms. The number of carboxylic acid groups (broad SMARTS) is 1. The van der Waals surface area contributed by atoms with Crippen LogP contribution in [0.3, 0.4) is 0 Å². The lowest BCUT2D eigenvalue weighted by molar-refractivity contribution is 0.00332. The number of aromatic nitrogens is 6. The molecule has 5 saturated heterocycles. The maximum absolute atomic E-state index is 13.2. The second-order valence-corrected chi connectivity index (χ2v) is 38.5. The van der Waals surface area contributed by atoms with Crippen LogP contribution in [0.2, 0.25) is 61.4 Å². The number of ether oxygens (including phenoxy) is 9. The maximum atomic E-state index is 13.2. The van der Waals surface area contributed by atoms with E-state index in [-0.39, 0.29) is 50.7 Å². The van der Waals surface area contributed by atoms with Crippen molar-refractivity contribution >= 4 is 83.3 Å². The Balaban J connectivity index is 0.000000190. The molecule has 4 aromatic heterocycles. The number of carboxylic acids is 1. The fourth-order valence-corrected chi connectivity index (χ4v) is 13.9. The lowest BCUT2D eigenvalue weighted by Crippen LogP contribution is -2.35. The van der Waals surface area contributed by atoms with Gasteiger partial charge in [0.2, 0.25) is 0 Å². The van der Waals surface area contributed by atoms with Crippen LogP contribution >= 0.6 is 23.2 Å². The average Bonchev–Trinajstić information content (AvgIpc) is 3.83. The van der Waals surface area contributed by atoms with Gasteiger partial charge in [-0.15, -0.1) is 0 Å². The number of hydrogen-bond donors (Lipinski definition) is 3. The zero-order chi connectivity index (χ0) is 59.0. The van der Waals surface area contributed by atoms with Crippen molar-refractivity contribution in [3.63, 3.8) is 0 Å². The highest BCUT2D eigenvalue weighted by molar-refractivity contribution is 7.93. The van der Waals surface area contributed by atoms with Crippen LogP contribution in [0.4, 0.5) is 0 Å². The van der Waals surface area contributed by atoms with Gasteiger partial charge in [-0.05, 0) is 61.3 Å². The molecule has 6 aromatic rings. The van der Waals surface area contributed by atoms with Gasteiger partial charge < -0.3 is 58.0 Å². The Kier molecular flexibility index (Phi) is 18.8. The molecule has 9 heterocycles. The number of aromatic carboxylic acids is 1. The Morgan fingerprint density at radius 3 is 1.49 bits per heavy atom. The molecular weight excluding hydrogens is 1170 g/mol. The number of hydrogen-bond acceptors (Lipinski definition) is 18. The van der Waals surface area contributed by atoms with Crippen molar-refractivity contribution < 1.29 is 71.7 Å². The summed E-state index contributed by atoms with van der Waals surface area (Å²) in [5.41, 5.74) is 4.94. The maximum Gasteiger partial charge on any atom is 0.335 e. The fourth-order valence-electron chi connectivity index (χ4n) is 10.2. The number of fused-ring (bicyclic) bond motifs is 4. The first-order valence-corrected chi connectivity index (χ1v) is 37.9. The molecule has 0 spiro atoms. The molecule has 83 heavy (non-hydrogen) atoms. The number of benzene rings is 2. The summed E-state index contributed by atoms with van der Waals surface area (Å²) in [6, 6.07) is 19.2. The second-order valence-electron chi connectivity index (χ2n) is 23.8. The van der Waals surface area contributed by atoms with Gasteiger partial charge in [-0.25, -0.2) is 19.0 Å². The van der Waals surface area contributed by atoms with Gasteiger partial charge in [0.1, 0.15) is 61.1 Å². The summed E-state index contributed by atoms with van der Waals surface area (Å²) in [4.78, 5) is 43.2. The van der Waals surface area contributed by atoms with Crippen LogP contribution in [0, 0.1) is 0 Å². The van der Waals surface area contributed by atoms with Crippen LogP contribution in [0.1, 0.15) is 33.6 Å². The lowest BCUT2D eigenvalue weighted by Gasteiger charge is -2.22. The Hall–Kier alpha value is -4.98. The Morgan fingerprint density at radius 2 is 1.07 bits per heavy atom. The van der Waals surface area contributed by atoms with Crippen molar-refractivity contribution in [2.75, 3.05) is 59.1 Å². The highest BCUT2D eigenvalue weighted by Crippen LogP contribution is 2.37. The van der Waals surface area contributed by atoms with Gasteiger partial charge in [0, 0.05) is 70.8 Å². The predicted octanol–water partition coefficient (Wildman–Crippen LogP) is 8.06. The number of amides is 1. The van der Waals surface area contributed by atoms with Crippen molar-refractivity contribution in [3.05, 3.63) is 81.8 Å². The summed E-state index contributed by atoms with van der Waals surface area (Å²) in [5, 5.41) is 30.0.